The van der Waals surface area contributed by atoms with Gasteiger partial charge in [-0.15, -0.1) is 6.58 Å². The minimum atomic E-state index is -0.253. The van der Waals surface area contributed by atoms with Gasteiger partial charge in [0, 0.05) is 18.6 Å². The Kier molecular flexibility index (Phi) is 6.98. The van der Waals surface area contributed by atoms with Gasteiger partial charge in [0.25, 0.3) is 0 Å². The van der Waals surface area contributed by atoms with Crippen LogP contribution in [0.5, 0.6) is 0 Å². The molecule has 2 fully saturated rings. The Hall–Kier alpha value is -0.420. The number of rotatable bonds is 7. The number of ether oxygens (including phenoxy) is 2. The van der Waals surface area contributed by atoms with Gasteiger partial charge in [-0.1, -0.05) is 12.5 Å². The molecule has 0 aromatic carbocycles. The number of nitrogens with one attached hydrogen (secondary N) is 1. The van der Waals surface area contributed by atoms with Crippen molar-refractivity contribution in [2.24, 2.45) is 5.92 Å². The fraction of sp³-hybridized carbons (Fsp3) is 0.909. The standard InChI is InChI=1S/C22H41NO3/c1-8-9-10-13-17-18(25-20(2,3)4)19(26-21(5,6)7)22(23-17)14-11-12-16(22)15-24/h8,16-19,23-24H,1,9-15H2,2-7H3/t16-,17-,18-,19+,22-/m0/s1. The van der Waals surface area contributed by atoms with Crippen LogP contribution in [0.1, 0.15) is 80.1 Å². The highest BCUT2D eigenvalue weighted by Crippen LogP contribution is 2.47. The average Bonchev–Trinajstić information content (AvgIpc) is 3.02. The zero-order chi connectivity index (χ0) is 19.6. The molecular weight excluding hydrogens is 326 g/mol. The van der Waals surface area contributed by atoms with Crippen LogP contribution in [0.15, 0.2) is 12.7 Å². The van der Waals surface area contributed by atoms with Crippen molar-refractivity contribution in [2.45, 2.75) is 115 Å². The Bertz CT molecular complexity index is 465. The summed E-state index contributed by atoms with van der Waals surface area (Å²) in [7, 11) is 0. The lowest BCUT2D eigenvalue weighted by atomic mass is 9.82. The van der Waals surface area contributed by atoms with E-state index in [-0.39, 0.29) is 47.5 Å². The number of unbranched alkanes of at least 4 members (excludes halogenated alkanes) is 1. The zero-order valence-electron chi connectivity index (χ0n) is 17.8. The van der Waals surface area contributed by atoms with Crippen LogP contribution in [0.4, 0.5) is 0 Å². The number of aliphatic hydroxyl groups excluding tert-OH is 1. The highest BCUT2D eigenvalue weighted by atomic mass is 16.6. The van der Waals surface area contributed by atoms with E-state index >= 15 is 0 Å². The first kappa shape index (κ1) is 21.9. The summed E-state index contributed by atoms with van der Waals surface area (Å²) < 4.78 is 13.2. The number of hydrogen-bond donors (Lipinski definition) is 2. The van der Waals surface area contributed by atoms with Crippen molar-refractivity contribution >= 4 is 0 Å². The second-order valence-corrected chi connectivity index (χ2v) is 10.1. The topological polar surface area (TPSA) is 50.7 Å². The summed E-state index contributed by atoms with van der Waals surface area (Å²) in [6, 6.07) is 0.244. The molecule has 0 radical (unpaired) electrons. The zero-order valence-corrected chi connectivity index (χ0v) is 17.8. The average molecular weight is 368 g/mol. The third-order valence-electron chi connectivity index (χ3n) is 5.64. The quantitative estimate of drug-likeness (QED) is 0.523. The second kappa shape index (κ2) is 8.30. The molecule has 0 amide bonds. The Morgan fingerprint density at radius 1 is 1.15 bits per heavy atom. The maximum absolute atomic E-state index is 10.1. The molecule has 2 aliphatic rings. The summed E-state index contributed by atoms with van der Waals surface area (Å²) >= 11 is 0. The fourth-order valence-electron chi connectivity index (χ4n) is 4.76. The minimum Gasteiger partial charge on any atom is -0.396 e. The third-order valence-corrected chi connectivity index (χ3v) is 5.64. The Labute approximate surface area is 160 Å². The smallest absolute Gasteiger partial charge is 0.104 e. The van der Waals surface area contributed by atoms with Gasteiger partial charge >= 0.3 is 0 Å². The van der Waals surface area contributed by atoms with Gasteiger partial charge in [0.15, 0.2) is 0 Å². The van der Waals surface area contributed by atoms with Crippen molar-refractivity contribution in [3.63, 3.8) is 0 Å². The monoisotopic (exact) mass is 367 g/mol. The van der Waals surface area contributed by atoms with Crippen LogP contribution < -0.4 is 5.32 Å². The molecular formula is C22H41NO3. The van der Waals surface area contributed by atoms with Crippen LogP contribution in [-0.2, 0) is 9.47 Å². The van der Waals surface area contributed by atoms with E-state index < -0.39 is 0 Å². The molecule has 1 aliphatic heterocycles. The highest BCUT2D eigenvalue weighted by Gasteiger charge is 2.60. The van der Waals surface area contributed by atoms with E-state index in [1.54, 1.807) is 0 Å². The van der Waals surface area contributed by atoms with E-state index in [4.69, 9.17) is 9.47 Å². The van der Waals surface area contributed by atoms with Crippen LogP contribution in [-0.4, -0.2) is 46.7 Å². The third kappa shape index (κ3) is 5.09. The van der Waals surface area contributed by atoms with E-state index in [0.717, 1.165) is 38.5 Å². The van der Waals surface area contributed by atoms with E-state index in [2.05, 4.69) is 53.4 Å². The molecule has 2 N–H and O–H groups in total. The van der Waals surface area contributed by atoms with E-state index in [1.807, 2.05) is 6.08 Å². The molecule has 152 valence electrons. The number of aliphatic hydroxyl groups is 1. The summed E-state index contributed by atoms with van der Waals surface area (Å²) in [5, 5.41) is 14.0. The Morgan fingerprint density at radius 2 is 1.81 bits per heavy atom. The van der Waals surface area contributed by atoms with Crippen LogP contribution >= 0.6 is 0 Å². The van der Waals surface area contributed by atoms with E-state index in [9.17, 15) is 5.11 Å². The predicted molar refractivity (Wildman–Crippen MR) is 107 cm³/mol. The van der Waals surface area contributed by atoms with Crippen LogP contribution in [0.3, 0.4) is 0 Å². The predicted octanol–water partition coefficient (Wildman–Crippen LogP) is 4.21. The molecule has 1 saturated carbocycles. The van der Waals surface area contributed by atoms with Gasteiger partial charge < -0.3 is 19.9 Å². The lowest BCUT2D eigenvalue weighted by Gasteiger charge is -2.42. The summed E-state index contributed by atoms with van der Waals surface area (Å²) in [6.45, 7) is 16.8. The first-order chi connectivity index (χ1) is 12.0. The van der Waals surface area contributed by atoms with Gasteiger partial charge in [0.05, 0.1) is 16.7 Å². The first-order valence-electron chi connectivity index (χ1n) is 10.4. The molecule has 0 bridgehead atoms. The van der Waals surface area contributed by atoms with Gasteiger partial charge in [-0.05, 0) is 73.6 Å². The summed E-state index contributed by atoms with van der Waals surface area (Å²) in [5.41, 5.74) is -0.671. The second-order valence-electron chi connectivity index (χ2n) is 10.1. The fourth-order valence-corrected chi connectivity index (χ4v) is 4.76. The van der Waals surface area contributed by atoms with Crippen molar-refractivity contribution < 1.29 is 14.6 Å². The lowest BCUT2D eigenvalue weighted by molar-refractivity contribution is -0.172. The first-order valence-corrected chi connectivity index (χ1v) is 10.4. The SMILES string of the molecule is C=CCCC[C@@H]1N[C@]2(CCC[C@H]2CO)[C@H](OC(C)(C)C)[C@H]1OC(C)(C)C. The summed E-state index contributed by atoms with van der Waals surface area (Å²) in [5.74, 6) is 0.227. The van der Waals surface area contributed by atoms with Crippen molar-refractivity contribution in [1.29, 1.82) is 0 Å². The molecule has 1 heterocycles. The highest BCUT2D eigenvalue weighted by molar-refractivity contribution is 5.16. The molecule has 5 atom stereocenters. The molecule has 4 heteroatoms. The molecule has 1 aliphatic carbocycles. The van der Waals surface area contributed by atoms with Gasteiger partial charge in [-0.3, -0.25) is 0 Å². The molecule has 0 aromatic heterocycles. The lowest BCUT2D eigenvalue weighted by Crippen LogP contribution is -2.56. The van der Waals surface area contributed by atoms with Gasteiger partial charge in [-0.2, -0.15) is 0 Å². The largest absolute Gasteiger partial charge is 0.396 e. The van der Waals surface area contributed by atoms with Crippen LogP contribution in [0.2, 0.25) is 0 Å². The maximum Gasteiger partial charge on any atom is 0.104 e. The Morgan fingerprint density at radius 3 is 2.35 bits per heavy atom. The molecule has 26 heavy (non-hydrogen) atoms. The minimum absolute atomic E-state index is 0.00816. The van der Waals surface area contributed by atoms with Crippen molar-refractivity contribution in [1.82, 2.24) is 5.32 Å². The number of allylic oxidation sites excluding steroid dienone is 1. The van der Waals surface area contributed by atoms with Crippen molar-refractivity contribution in [3.8, 4) is 0 Å². The molecule has 1 spiro atoms. The van der Waals surface area contributed by atoms with Gasteiger partial charge in [0.2, 0.25) is 0 Å². The van der Waals surface area contributed by atoms with E-state index in [1.165, 1.54) is 0 Å². The maximum atomic E-state index is 10.1. The van der Waals surface area contributed by atoms with Gasteiger partial charge in [0.1, 0.15) is 12.2 Å². The van der Waals surface area contributed by atoms with Crippen molar-refractivity contribution in [2.75, 3.05) is 6.61 Å². The Balaban J connectivity index is 2.35. The normalized spacial score (nSPS) is 35.3. The van der Waals surface area contributed by atoms with Crippen molar-refractivity contribution in [3.05, 3.63) is 12.7 Å². The molecule has 0 unspecified atom stereocenters. The molecule has 0 aromatic rings. The molecule has 4 nitrogen and oxygen atoms in total. The van der Waals surface area contributed by atoms with E-state index in [0.29, 0.717) is 0 Å². The van der Waals surface area contributed by atoms with Crippen LogP contribution in [0.25, 0.3) is 0 Å². The molecule has 1 saturated heterocycles. The van der Waals surface area contributed by atoms with Crippen LogP contribution in [0, 0.1) is 5.92 Å². The molecule has 2 rings (SSSR count). The summed E-state index contributed by atoms with van der Waals surface area (Å²) in [6.07, 6.45) is 8.30. The van der Waals surface area contributed by atoms with Gasteiger partial charge in [-0.25, -0.2) is 0 Å². The number of hydrogen-bond acceptors (Lipinski definition) is 4. The summed E-state index contributed by atoms with van der Waals surface area (Å²) in [4.78, 5) is 0.